The van der Waals surface area contributed by atoms with Crippen molar-refractivity contribution in [3.05, 3.63) is 37.7 Å². The highest BCUT2D eigenvalue weighted by molar-refractivity contribution is 7.89. The number of thiophene rings is 2. The standard InChI is InChI=1S/C11H12ClNO3S3/c1-7(8-2-3-11(12)18-8)13-19(15,16)10-4-5-17-9(10)6-14/h2-5,7,13-14H,6H2,1H3. The molecule has 2 N–H and O–H groups in total. The number of rotatable bonds is 5. The second-order valence-electron chi connectivity index (χ2n) is 3.85. The van der Waals surface area contributed by atoms with Gasteiger partial charge in [-0.25, -0.2) is 13.1 Å². The van der Waals surface area contributed by atoms with E-state index in [1.807, 2.05) is 0 Å². The third kappa shape index (κ3) is 3.36. The normalized spacial score (nSPS) is 13.6. The molecule has 0 radical (unpaired) electrons. The lowest BCUT2D eigenvalue weighted by Crippen LogP contribution is -2.26. The number of aliphatic hydroxyl groups is 1. The molecule has 2 heterocycles. The van der Waals surface area contributed by atoms with Crippen molar-refractivity contribution < 1.29 is 13.5 Å². The summed E-state index contributed by atoms with van der Waals surface area (Å²) < 4.78 is 27.6. The van der Waals surface area contributed by atoms with Gasteiger partial charge in [0.2, 0.25) is 10.0 Å². The molecule has 0 spiro atoms. The van der Waals surface area contributed by atoms with Crippen LogP contribution in [0, 0.1) is 0 Å². The molecule has 0 saturated heterocycles. The molecule has 0 aromatic carbocycles. The van der Waals surface area contributed by atoms with Crippen LogP contribution in [0.25, 0.3) is 0 Å². The van der Waals surface area contributed by atoms with Crippen LogP contribution in [0.3, 0.4) is 0 Å². The minimum absolute atomic E-state index is 0.134. The summed E-state index contributed by atoms with van der Waals surface area (Å²) in [5.41, 5.74) is 0. The van der Waals surface area contributed by atoms with Gasteiger partial charge in [-0.2, -0.15) is 0 Å². The van der Waals surface area contributed by atoms with Gasteiger partial charge in [-0.1, -0.05) is 11.6 Å². The molecule has 0 bridgehead atoms. The fourth-order valence-corrected chi connectivity index (χ4v) is 5.25. The summed E-state index contributed by atoms with van der Waals surface area (Å²) >= 11 is 8.38. The Balaban J connectivity index is 2.22. The monoisotopic (exact) mass is 337 g/mol. The van der Waals surface area contributed by atoms with Gasteiger partial charge in [-0.15, -0.1) is 22.7 Å². The molecule has 0 saturated carbocycles. The van der Waals surface area contributed by atoms with Crippen molar-refractivity contribution in [2.24, 2.45) is 0 Å². The fourth-order valence-electron chi connectivity index (χ4n) is 1.60. The summed E-state index contributed by atoms with van der Waals surface area (Å²) in [5, 5.41) is 10.8. The summed E-state index contributed by atoms with van der Waals surface area (Å²) in [6.07, 6.45) is 0. The number of hydrogen-bond acceptors (Lipinski definition) is 5. The summed E-state index contributed by atoms with van der Waals surface area (Å²) in [5.74, 6) is 0. The van der Waals surface area contributed by atoms with Gasteiger partial charge in [0, 0.05) is 9.75 Å². The first-order valence-corrected chi connectivity index (χ1v) is 8.94. The molecule has 0 amide bonds. The fraction of sp³-hybridized carbons (Fsp3) is 0.273. The number of hydrogen-bond donors (Lipinski definition) is 2. The first-order valence-electron chi connectivity index (χ1n) is 5.39. The van der Waals surface area contributed by atoms with E-state index in [0.29, 0.717) is 9.21 Å². The van der Waals surface area contributed by atoms with E-state index in [1.54, 1.807) is 24.4 Å². The van der Waals surface area contributed by atoms with Crippen LogP contribution in [-0.4, -0.2) is 13.5 Å². The Kier molecular flexibility index (Phi) is 4.65. The minimum Gasteiger partial charge on any atom is -0.391 e. The van der Waals surface area contributed by atoms with Crippen LogP contribution in [0.15, 0.2) is 28.5 Å². The van der Waals surface area contributed by atoms with Gasteiger partial charge in [0.15, 0.2) is 0 Å². The average Bonchev–Trinajstić information content (AvgIpc) is 2.96. The summed E-state index contributed by atoms with van der Waals surface area (Å²) in [4.78, 5) is 1.41. The van der Waals surface area contributed by atoms with Crippen molar-refractivity contribution in [1.29, 1.82) is 0 Å². The average molecular weight is 338 g/mol. The topological polar surface area (TPSA) is 66.4 Å². The molecule has 1 unspecified atom stereocenters. The zero-order chi connectivity index (χ0) is 14.0. The summed E-state index contributed by atoms with van der Waals surface area (Å²) in [6, 6.07) is 4.65. The maximum Gasteiger partial charge on any atom is 0.242 e. The van der Waals surface area contributed by atoms with Gasteiger partial charge in [0.25, 0.3) is 0 Å². The molecular formula is C11H12ClNO3S3. The van der Waals surface area contributed by atoms with Gasteiger partial charge in [-0.3, -0.25) is 0 Å². The molecule has 2 aromatic rings. The maximum atomic E-state index is 12.2. The molecule has 1 atom stereocenters. The summed E-state index contributed by atoms with van der Waals surface area (Å²) in [7, 11) is -3.63. The number of halogens is 1. The first-order chi connectivity index (χ1) is 8.94. The van der Waals surface area contributed by atoms with E-state index < -0.39 is 10.0 Å². The van der Waals surface area contributed by atoms with Gasteiger partial charge < -0.3 is 5.11 Å². The molecule has 19 heavy (non-hydrogen) atoms. The lowest BCUT2D eigenvalue weighted by molar-refractivity contribution is 0.282. The predicted molar refractivity (Wildman–Crippen MR) is 78.3 cm³/mol. The van der Waals surface area contributed by atoms with Crippen LogP contribution in [0.4, 0.5) is 0 Å². The van der Waals surface area contributed by atoms with E-state index in [1.165, 1.54) is 28.7 Å². The molecule has 0 fully saturated rings. The van der Waals surface area contributed by atoms with E-state index in [2.05, 4.69) is 4.72 Å². The quantitative estimate of drug-likeness (QED) is 0.881. The third-order valence-corrected chi connectivity index (χ3v) is 6.56. The predicted octanol–water partition coefficient (Wildman–Crippen LogP) is 2.99. The molecule has 4 nitrogen and oxygen atoms in total. The van der Waals surface area contributed by atoms with Gasteiger partial charge in [0.05, 0.1) is 21.9 Å². The molecule has 0 aliphatic carbocycles. The highest BCUT2D eigenvalue weighted by atomic mass is 35.5. The molecule has 0 aliphatic heterocycles. The molecule has 0 aliphatic rings. The third-order valence-electron chi connectivity index (χ3n) is 2.49. The lowest BCUT2D eigenvalue weighted by atomic mass is 10.3. The molecule has 2 aromatic heterocycles. The Morgan fingerprint density at radius 3 is 2.74 bits per heavy atom. The van der Waals surface area contributed by atoms with Crippen molar-refractivity contribution in [1.82, 2.24) is 4.72 Å². The second kappa shape index (κ2) is 5.90. The zero-order valence-electron chi connectivity index (χ0n) is 9.96. The van der Waals surface area contributed by atoms with Crippen LogP contribution in [-0.2, 0) is 16.6 Å². The minimum atomic E-state index is -3.63. The Labute approximate surface area is 124 Å². The van der Waals surface area contributed by atoms with Crippen molar-refractivity contribution in [2.75, 3.05) is 0 Å². The van der Waals surface area contributed by atoms with Crippen LogP contribution in [0.2, 0.25) is 4.34 Å². The van der Waals surface area contributed by atoms with E-state index in [0.717, 1.165) is 4.88 Å². The number of sulfonamides is 1. The van der Waals surface area contributed by atoms with Crippen molar-refractivity contribution >= 4 is 44.3 Å². The highest BCUT2D eigenvalue weighted by Gasteiger charge is 2.22. The van der Waals surface area contributed by atoms with Crippen molar-refractivity contribution in [3.8, 4) is 0 Å². The van der Waals surface area contributed by atoms with Gasteiger partial charge in [-0.05, 0) is 30.5 Å². The van der Waals surface area contributed by atoms with E-state index >= 15 is 0 Å². The first kappa shape index (κ1) is 15.0. The Bertz CT molecular complexity index is 662. The second-order valence-corrected chi connectivity index (χ2v) is 8.28. The highest BCUT2D eigenvalue weighted by Crippen LogP contribution is 2.29. The zero-order valence-corrected chi connectivity index (χ0v) is 13.2. The van der Waals surface area contributed by atoms with Crippen LogP contribution < -0.4 is 4.72 Å². The van der Waals surface area contributed by atoms with E-state index in [4.69, 9.17) is 16.7 Å². The number of nitrogens with one attached hydrogen (secondary N) is 1. The Hall–Kier alpha value is -0.440. The Morgan fingerprint density at radius 2 is 2.16 bits per heavy atom. The maximum absolute atomic E-state index is 12.2. The van der Waals surface area contributed by atoms with Gasteiger partial charge >= 0.3 is 0 Å². The molecule has 104 valence electrons. The SMILES string of the molecule is CC(NS(=O)(=O)c1ccsc1CO)c1ccc(Cl)s1. The van der Waals surface area contributed by atoms with E-state index in [9.17, 15) is 8.42 Å². The number of aliphatic hydroxyl groups excluding tert-OH is 1. The largest absolute Gasteiger partial charge is 0.391 e. The lowest BCUT2D eigenvalue weighted by Gasteiger charge is -2.12. The Morgan fingerprint density at radius 1 is 1.42 bits per heavy atom. The molecular weight excluding hydrogens is 326 g/mol. The van der Waals surface area contributed by atoms with Crippen molar-refractivity contribution in [3.63, 3.8) is 0 Å². The van der Waals surface area contributed by atoms with Gasteiger partial charge in [0.1, 0.15) is 0 Å². The smallest absolute Gasteiger partial charge is 0.242 e. The molecule has 8 heteroatoms. The van der Waals surface area contributed by atoms with Crippen LogP contribution >= 0.6 is 34.3 Å². The van der Waals surface area contributed by atoms with E-state index in [-0.39, 0.29) is 17.5 Å². The van der Waals surface area contributed by atoms with Crippen molar-refractivity contribution in [2.45, 2.75) is 24.5 Å². The molecule has 2 rings (SSSR count). The van der Waals surface area contributed by atoms with Crippen LogP contribution in [0.5, 0.6) is 0 Å². The van der Waals surface area contributed by atoms with Crippen LogP contribution in [0.1, 0.15) is 22.7 Å². The summed E-state index contributed by atoms with van der Waals surface area (Å²) in [6.45, 7) is 1.47.